The molecular formula is C27H32N4O2S. The molecule has 1 atom stereocenters. The van der Waals surface area contributed by atoms with E-state index in [2.05, 4.69) is 52.5 Å². The summed E-state index contributed by atoms with van der Waals surface area (Å²) in [7, 11) is 2.16. The summed E-state index contributed by atoms with van der Waals surface area (Å²) >= 11 is 1.64. The molecule has 0 spiro atoms. The molecule has 1 amide bonds. The molecule has 1 aliphatic rings. The molecule has 7 heteroatoms. The van der Waals surface area contributed by atoms with E-state index in [0.717, 1.165) is 58.7 Å². The van der Waals surface area contributed by atoms with E-state index in [4.69, 9.17) is 10.5 Å². The summed E-state index contributed by atoms with van der Waals surface area (Å²) in [6.07, 6.45) is 0. The maximum atomic E-state index is 12.0. The van der Waals surface area contributed by atoms with Crippen molar-refractivity contribution in [3.63, 3.8) is 0 Å². The van der Waals surface area contributed by atoms with Crippen molar-refractivity contribution in [3.8, 4) is 5.75 Å². The zero-order valence-corrected chi connectivity index (χ0v) is 20.6. The number of carbonyl (C=O) groups excluding carboxylic acids is 1. The molecule has 0 bridgehead atoms. The van der Waals surface area contributed by atoms with Gasteiger partial charge in [0.05, 0.1) is 11.7 Å². The van der Waals surface area contributed by atoms with Crippen molar-refractivity contribution in [1.29, 1.82) is 0 Å². The number of hydrogen-bond acceptors (Lipinski definition) is 6. The number of likely N-dealkylation sites (N-methyl/N-ethyl adjacent to an activating group) is 1. The fourth-order valence-electron chi connectivity index (χ4n) is 3.75. The minimum absolute atomic E-state index is 0.199. The first-order valence-electron chi connectivity index (χ1n) is 11.6. The lowest BCUT2D eigenvalue weighted by Gasteiger charge is -2.35. The number of rotatable bonds is 8. The van der Waals surface area contributed by atoms with Crippen LogP contribution in [0.15, 0.2) is 82.6 Å². The predicted molar refractivity (Wildman–Crippen MR) is 140 cm³/mol. The van der Waals surface area contributed by atoms with Gasteiger partial charge in [-0.1, -0.05) is 48.2 Å². The van der Waals surface area contributed by atoms with Crippen LogP contribution < -0.4 is 20.7 Å². The van der Waals surface area contributed by atoms with Crippen molar-refractivity contribution >= 4 is 29.0 Å². The number of nitrogens with two attached hydrogens (primary N) is 1. The number of hydrogen-bond donors (Lipinski definition) is 2. The van der Waals surface area contributed by atoms with Gasteiger partial charge in [-0.2, -0.15) is 0 Å². The Morgan fingerprint density at radius 2 is 1.74 bits per heavy atom. The summed E-state index contributed by atoms with van der Waals surface area (Å²) < 4.78 is 6.34. The number of carbonyl (C=O) groups is 1. The van der Waals surface area contributed by atoms with Gasteiger partial charge in [-0.05, 0) is 55.9 Å². The molecular weight excluding hydrogens is 444 g/mol. The zero-order chi connectivity index (χ0) is 23.9. The molecule has 0 aromatic heterocycles. The molecule has 3 aromatic rings. The molecule has 1 unspecified atom stereocenters. The van der Waals surface area contributed by atoms with Crippen molar-refractivity contribution in [2.75, 3.05) is 43.4 Å². The average molecular weight is 477 g/mol. The topological polar surface area (TPSA) is 70.8 Å². The van der Waals surface area contributed by atoms with E-state index < -0.39 is 6.04 Å². The van der Waals surface area contributed by atoms with Crippen LogP contribution >= 0.6 is 11.8 Å². The van der Waals surface area contributed by atoms with Crippen molar-refractivity contribution in [2.24, 2.45) is 5.73 Å². The maximum Gasteiger partial charge on any atom is 0.240 e. The highest BCUT2D eigenvalue weighted by molar-refractivity contribution is 7.99. The van der Waals surface area contributed by atoms with Gasteiger partial charge >= 0.3 is 0 Å². The van der Waals surface area contributed by atoms with E-state index in [-0.39, 0.29) is 5.91 Å². The molecule has 0 aliphatic carbocycles. The first kappa shape index (κ1) is 24.1. The van der Waals surface area contributed by atoms with Crippen molar-refractivity contribution in [3.05, 3.63) is 78.4 Å². The van der Waals surface area contributed by atoms with Crippen LogP contribution in [0, 0.1) is 0 Å². The first-order valence-corrected chi connectivity index (χ1v) is 12.4. The van der Waals surface area contributed by atoms with E-state index >= 15 is 0 Å². The number of amides is 1. The average Bonchev–Trinajstić information content (AvgIpc) is 2.84. The molecule has 3 N–H and O–H groups in total. The molecule has 6 nitrogen and oxygen atoms in total. The SMILES string of the molecule is CC(N)C(=O)Nc1cccc(Sc2ccc(N3CCN(C)CC3)c(OCc3ccccc3)c2)c1. The molecule has 4 rings (SSSR count). The van der Waals surface area contributed by atoms with Crippen LogP contribution in [-0.4, -0.2) is 50.1 Å². The Bertz CT molecular complexity index is 1100. The van der Waals surface area contributed by atoms with Crippen LogP contribution in [0.3, 0.4) is 0 Å². The van der Waals surface area contributed by atoms with E-state index in [1.54, 1.807) is 18.7 Å². The van der Waals surface area contributed by atoms with Gasteiger partial charge in [-0.25, -0.2) is 0 Å². The summed E-state index contributed by atoms with van der Waals surface area (Å²) in [5, 5.41) is 2.86. The molecule has 0 radical (unpaired) electrons. The third kappa shape index (κ3) is 6.53. The van der Waals surface area contributed by atoms with Crippen molar-refractivity contribution < 1.29 is 9.53 Å². The molecule has 1 fully saturated rings. The van der Waals surface area contributed by atoms with Crippen LogP contribution in [-0.2, 0) is 11.4 Å². The van der Waals surface area contributed by atoms with Gasteiger partial charge in [0.25, 0.3) is 0 Å². The smallest absolute Gasteiger partial charge is 0.240 e. The first-order chi connectivity index (χ1) is 16.5. The van der Waals surface area contributed by atoms with E-state index in [1.807, 2.05) is 42.5 Å². The number of nitrogens with zero attached hydrogens (tertiary/aromatic N) is 2. The highest BCUT2D eigenvalue weighted by atomic mass is 32.2. The fourth-order valence-corrected chi connectivity index (χ4v) is 4.65. The Balaban J connectivity index is 1.54. The third-order valence-corrected chi connectivity index (χ3v) is 6.74. The van der Waals surface area contributed by atoms with Crippen LogP contribution in [0.4, 0.5) is 11.4 Å². The number of anilines is 2. The van der Waals surface area contributed by atoms with Gasteiger partial charge in [-0.15, -0.1) is 0 Å². The lowest BCUT2D eigenvalue weighted by molar-refractivity contribution is -0.117. The van der Waals surface area contributed by atoms with Crippen LogP contribution in [0.25, 0.3) is 0 Å². The zero-order valence-electron chi connectivity index (χ0n) is 19.7. The second kappa shape index (κ2) is 11.4. The van der Waals surface area contributed by atoms with Crippen molar-refractivity contribution in [1.82, 2.24) is 4.90 Å². The number of ether oxygens (including phenoxy) is 1. The van der Waals surface area contributed by atoms with E-state index in [9.17, 15) is 4.79 Å². The molecule has 1 saturated heterocycles. The number of nitrogens with one attached hydrogen (secondary N) is 1. The lowest BCUT2D eigenvalue weighted by Crippen LogP contribution is -2.44. The monoisotopic (exact) mass is 476 g/mol. The second-order valence-electron chi connectivity index (χ2n) is 8.60. The van der Waals surface area contributed by atoms with Gasteiger partial charge in [0.15, 0.2) is 0 Å². The Hall–Kier alpha value is -3.00. The van der Waals surface area contributed by atoms with Gasteiger partial charge < -0.3 is 25.6 Å². The number of piperazine rings is 1. The Kier molecular flexibility index (Phi) is 8.11. The lowest BCUT2D eigenvalue weighted by atomic mass is 10.2. The van der Waals surface area contributed by atoms with Crippen LogP contribution in [0.5, 0.6) is 5.75 Å². The molecule has 1 aliphatic heterocycles. The maximum absolute atomic E-state index is 12.0. The second-order valence-corrected chi connectivity index (χ2v) is 9.75. The van der Waals surface area contributed by atoms with E-state index in [0.29, 0.717) is 6.61 Å². The third-order valence-electron chi connectivity index (χ3n) is 5.76. The van der Waals surface area contributed by atoms with Crippen molar-refractivity contribution in [2.45, 2.75) is 29.4 Å². The van der Waals surface area contributed by atoms with Crippen LogP contribution in [0.2, 0.25) is 0 Å². The standard InChI is InChI=1S/C27H32N4O2S/c1-20(28)27(32)29-22-9-6-10-23(17-22)34-24-11-12-25(31-15-13-30(2)14-16-31)26(18-24)33-19-21-7-4-3-5-8-21/h3-12,17-18,20H,13-16,19,28H2,1-2H3,(H,29,32). The molecule has 1 heterocycles. The Morgan fingerprint density at radius 3 is 2.47 bits per heavy atom. The van der Waals surface area contributed by atoms with Gasteiger partial charge in [0.2, 0.25) is 5.91 Å². The fraction of sp³-hybridized carbons (Fsp3) is 0.296. The van der Waals surface area contributed by atoms with Crippen LogP contribution in [0.1, 0.15) is 12.5 Å². The summed E-state index contributed by atoms with van der Waals surface area (Å²) in [6.45, 7) is 6.22. The van der Waals surface area contributed by atoms with Gasteiger partial charge in [0.1, 0.15) is 12.4 Å². The summed E-state index contributed by atoms with van der Waals surface area (Å²) in [5.74, 6) is 0.690. The minimum atomic E-state index is -0.553. The quantitative estimate of drug-likeness (QED) is 0.500. The highest BCUT2D eigenvalue weighted by Gasteiger charge is 2.19. The van der Waals surface area contributed by atoms with Gasteiger partial charge in [0, 0.05) is 41.7 Å². The highest BCUT2D eigenvalue weighted by Crippen LogP contribution is 2.37. The Labute approximate surface area is 206 Å². The molecule has 0 saturated carbocycles. The van der Waals surface area contributed by atoms with Gasteiger partial charge in [-0.3, -0.25) is 4.79 Å². The normalized spacial score (nSPS) is 15.1. The summed E-state index contributed by atoms with van der Waals surface area (Å²) in [6, 6.07) is 23.9. The number of benzene rings is 3. The predicted octanol–water partition coefficient (Wildman–Crippen LogP) is 4.45. The molecule has 34 heavy (non-hydrogen) atoms. The minimum Gasteiger partial charge on any atom is -0.487 e. The largest absolute Gasteiger partial charge is 0.487 e. The summed E-state index contributed by atoms with van der Waals surface area (Å²) in [4.78, 5) is 18.8. The molecule has 3 aromatic carbocycles. The molecule has 178 valence electrons. The van der Waals surface area contributed by atoms with E-state index in [1.165, 1.54) is 0 Å². The summed E-state index contributed by atoms with van der Waals surface area (Å²) in [5.41, 5.74) is 8.69. The Morgan fingerprint density at radius 1 is 1.00 bits per heavy atom.